The average molecular weight is 228 g/mol. The number of aliphatic hydroxyl groups is 1. The standard InChI is InChI=1S/C12H24N2O2/c1-8(7-15)9(2)14-12(16)10-3-5-11(13)6-4-10/h8-11,15H,3-7,13H2,1-2H3,(H,14,16). The Labute approximate surface area is 97.6 Å². The number of amides is 1. The van der Waals surface area contributed by atoms with E-state index < -0.39 is 0 Å². The number of carbonyl (C=O) groups excluding carboxylic acids is 1. The Balaban J connectivity index is 2.34. The summed E-state index contributed by atoms with van der Waals surface area (Å²) in [5, 5.41) is 12.0. The Hall–Kier alpha value is -0.610. The summed E-state index contributed by atoms with van der Waals surface area (Å²) < 4.78 is 0. The maximum absolute atomic E-state index is 11.9. The molecule has 1 saturated carbocycles. The monoisotopic (exact) mass is 228 g/mol. The van der Waals surface area contributed by atoms with Crippen LogP contribution in [0.5, 0.6) is 0 Å². The van der Waals surface area contributed by atoms with Gasteiger partial charge in [-0.2, -0.15) is 0 Å². The minimum Gasteiger partial charge on any atom is -0.396 e. The molecule has 4 N–H and O–H groups in total. The van der Waals surface area contributed by atoms with Crippen LogP contribution < -0.4 is 11.1 Å². The van der Waals surface area contributed by atoms with Gasteiger partial charge < -0.3 is 16.2 Å². The van der Waals surface area contributed by atoms with E-state index in [0.29, 0.717) is 0 Å². The zero-order chi connectivity index (χ0) is 12.1. The smallest absolute Gasteiger partial charge is 0.223 e. The van der Waals surface area contributed by atoms with Gasteiger partial charge in [0.25, 0.3) is 0 Å². The van der Waals surface area contributed by atoms with Crippen LogP contribution in [0.25, 0.3) is 0 Å². The maximum Gasteiger partial charge on any atom is 0.223 e. The summed E-state index contributed by atoms with van der Waals surface area (Å²) in [6.45, 7) is 3.98. The first kappa shape index (κ1) is 13.5. The number of nitrogens with two attached hydrogens (primary N) is 1. The van der Waals surface area contributed by atoms with Crippen molar-refractivity contribution in [2.45, 2.75) is 51.6 Å². The normalized spacial score (nSPS) is 29.5. The molecular weight excluding hydrogens is 204 g/mol. The van der Waals surface area contributed by atoms with E-state index in [0.717, 1.165) is 25.7 Å². The molecule has 1 amide bonds. The minimum absolute atomic E-state index is 0.0353. The Morgan fingerprint density at radius 3 is 2.44 bits per heavy atom. The van der Waals surface area contributed by atoms with Crippen molar-refractivity contribution in [2.75, 3.05) is 6.61 Å². The summed E-state index contributed by atoms with van der Waals surface area (Å²) in [6.07, 6.45) is 3.69. The van der Waals surface area contributed by atoms with Gasteiger partial charge in [-0.25, -0.2) is 0 Å². The highest BCUT2D eigenvalue weighted by Crippen LogP contribution is 2.23. The van der Waals surface area contributed by atoms with Crippen LogP contribution in [-0.2, 0) is 4.79 Å². The largest absolute Gasteiger partial charge is 0.396 e. The molecule has 0 aromatic carbocycles. The van der Waals surface area contributed by atoms with Gasteiger partial charge in [0, 0.05) is 24.6 Å². The molecule has 2 atom stereocenters. The predicted molar refractivity (Wildman–Crippen MR) is 63.8 cm³/mol. The summed E-state index contributed by atoms with van der Waals surface area (Å²) in [6, 6.07) is 0.311. The van der Waals surface area contributed by atoms with Gasteiger partial charge in [-0.15, -0.1) is 0 Å². The van der Waals surface area contributed by atoms with Crippen molar-refractivity contribution >= 4 is 5.91 Å². The van der Waals surface area contributed by atoms with Crippen LogP contribution in [-0.4, -0.2) is 29.7 Å². The van der Waals surface area contributed by atoms with Gasteiger partial charge in [-0.05, 0) is 38.5 Å². The van der Waals surface area contributed by atoms with Crippen LogP contribution in [0, 0.1) is 11.8 Å². The third-order valence-corrected chi connectivity index (χ3v) is 3.65. The Kier molecular flexibility index (Phi) is 5.22. The predicted octanol–water partition coefficient (Wildman–Crippen LogP) is 0.637. The highest BCUT2D eigenvalue weighted by Gasteiger charge is 2.26. The first-order valence-electron chi connectivity index (χ1n) is 6.21. The first-order valence-corrected chi connectivity index (χ1v) is 6.21. The highest BCUT2D eigenvalue weighted by molar-refractivity contribution is 5.79. The topological polar surface area (TPSA) is 75.3 Å². The molecule has 4 heteroatoms. The number of nitrogens with one attached hydrogen (secondary N) is 1. The zero-order valence-corrected chi connectivity index (χ0v) is 10.3. The first-order chi connectivity index (χ1) is 7.54. The molecule has 0 aromatic rings. The van der Waals surface area contributed by atoms with Crippen molar-refractivity contribution in [1.82, 2.24) is 5.32 Å². The Morgan fingerprint density at radius 1 is 1.38 bits per heavy atom. The van der Waals surface area contributed by atoms with Crippen molar-refractivity contribution in [3.05, 3.63) is 0 Å². The van der Waals surface area contributed by atoms with Crippen molar-refractivity contribution in [3.63, 3.8) is 0 Å². The van der Waals surface area contributed by atoms with Crippen LogP contribution in [0.1, 0.15) is 39.5 Å². The third-order valence-electron chi connectivity index (χ3n) is 3.65. The van der Waals surface area contributed by atoms with Crippen LogP contribution in [0.2, 0.25) is 0 Å². The third kappa shape index (κ3) is 3.76. The second kappa shape index (κ2) is 6.21. The molecule has 0 heterocycles. The van der Waals surface area contributed by atoms with E-state index in [-0.39, 0.29) is 36.4 Å². The van der Waals surface area contributed by atoms with E-state index in [1.54, 1.807) is 0 Å². The minimum atomic E-state index is 0.0353. The fraction of sp³-hybridized carbons (Fsp3) is 0.917. The molecule has 2 unspecified atom stereocenters. The lowest BCUT2D eigenvalue weighted by Crippen LogP contribution is -2.43. The summed E-state index contributed by atoms with van der Waals surface area (Å²) in [5.74, 6) is 0.350. The second-order valence-electron chi connectivity index (χ2n) is 5.07. The molecule has 0 bridgehead atoms. The molecule has 0 spiro atoms. The molecule has 4 nitrogen and oxygen atoms in total. The van der Waals surface area contributed by atoms with E-state index in [9.17, 15) is 4.79 Å². The lowest BCUT2D eigenvalue weighted by atomic mass is 9.85. The van der Waals surface area contributed by atoms with E-state index in [1.807, 2.05) is 13.8 Å². The molecule has 0 aliphatic heterocycles. The lowest BCUT2D eigenvalue weighted by Gasteiger charge is -2.27. The summed E-state index contributed by atoms with van der Waals surface area (Å²) in [5.41, 5.74) is 5.80. The van der Waals surface area contributed by atoms with Gasteiger partial charge >= 0.3 is 0 Å². The van der Waals surface area contributed by atoms with Gasteiger partial charge in [-0.3, -0.25) is 4.79 Å². The second-order valence-corrected chi connectivity index (χ2v) is 5.07. The van der Waals surface area contributed by atoms with E-state index in [2.05, 4.69) is 5.32 Å². The fourth-order valence-electron chi connectivity index (χ4n) is 2.02. The number of hydrogen-bond acceptors (Lipinski definition) is 3. The van der Waals surface area contributed by atoms with Gasteiger partial charge in [0.05, 0.1) is 0 Å². The molecule has 94 valence electrons. The van der Waals surface area contributed by atoms with Crippen molar-refractivity contribution in [3.8, 4) is 0 Å². The summed E-state index contributed by atoms with van der Waals surface area (Å²) in [7, 11) is 0. The molecular formula is C12H24N2O2. The van der Waals surface area contributed by atoms with E-state index in [4.69, 9.17) is 10.8 Å². The molecule has 1 aliphatic carbocycles. The maximum atomic E-state index is 11.9. The van der Waals surface area contributed by atoms with Crippen LogP contribution in [0.4, 0.5) is 0 Å². The summed E-state index contributed by atoms with van der Waals surface area (Å²) in [4.78, 5) is 11.9. The number of rotatable bonds is 4. The molecule has 1 rings (SSSR count). The molecule has 0 aromatic heterocycles. The van der Waals surface area contributed by atoms with Crippen LogP contribution >= 0.6 is 0 Å². The Morgan fingerprint density at radius 2 is 1.94 bits per heavy atom. The highest BCUT2D eigenvalue weighted by atomic mass is 16.3. The number of hydrogen-bond donors (Lipinski definition) is 3. The van der Waals surface area contributed by atoms with Crippen LogP contribution in [0.3, 0.4) is 0 Å². The van der Waals surface area contributed by atoms with Gasteiger partial charge in [-0.1, -0.05) is 6.92 Å². The molecule has 0 saturated heterocycles. The molecule has 1 fully saturated rings. The molecule has 1 aliphatic rings. The van der Waals surface area contributed by atoms with Gasteiger partial charge in [0.15, 0.2) is 0 Å². The van der Waals surface area contributed by atoms with Gasteiger partial charge in [0.1, 0.15) is 0 Å². The van der Waals surface area contributed by atoms with Gasteiger partial charge in [0.2, 0.25) is 5.91 Å². The van der Waals surface area contributed by atoms with E-state index in [1.165, 1.54) is 0 Å². The Bertz CT molecular complexity index is 225. The van der Waals surface area contributed by atoms with Crippen molar-refractivity contribution in [2.24, 2.45) is 17.6 Å². The molecule has 16 heavy (non-hydrogen) atoms. The average Bonchev–Trinajstić information content (AvgIpc) is 2.28. The molecule has 0 radical (unpaired) electrons. The zero-order valence-electron chi connectivity index (χ0n) is 10.3. The van der Waals surface area contributed by atoms with Crippen molar-refractivity contribution < 1.29 is 9.90 Å². The fourth-order valence-corrected chi connectivity index (χ4v) is 2.02. The summed E-state index contributed by atoms with van der Waals surface area (Å²) >= 11 is 0. The van der Waals surface area contributed by atoms with E-state index >= 15 is 0 Å². The SMILES string of the molecule is CC(CO)C(C)NC(=O)C1CCC(N)CC1. The quantitative estimate of drug-likeness (QED) is 0.661. The number of aliphatic hydroxyl groups excluding tert-OH is 1. The van der Waals surface area contributed by atoms with Crippen molar-refractivity contribution in [1.29, 1.82) is 0 Å². The number of carbonyl (C=O) groups is 1. The lowest BCUT2D eigenvalue weighted by molar-refractivity contribution is -0.127. The van der Waals surface area contributed by atoms with Crippen LogP contribution in [0.15, 0.2) is 0 Å².